The van der Waals surface area contributed by atoms with Crippen LogP contribution in [0.1, 0.15) is 37.6 Å². The number of carbonyl (C=O) groups is 1. The number of aliphatic hydroxyl groups is 1. The number of benzene rings is 1. The lowest BCUT2D eigenvalue weighted by atomic mass is 9.88. The van der Waals surface area contributed by atoms with Gasteiger partial charge in [-0.1, -0.05) is 33.3 Å². The van der Waals surface area contributed by atoms with E-state index in [1.165, 1.54) is 12.1 Å². The standard InChI is InChI=1S/C19H29FN2O2/c1-4-14-11-22(19(24)15-8-7-9-16(20)10-15)18(13-23)17(14)12-21(5-2)6-3/h7-10,14,17-18,23H,4-6,11-13H2,1-3H3/t14-,17-,18-/m1/s1. The molecule has 1 aromatic rings. The second-order valence-corrected chi connectivity index (χ2v) is 6.54. The lowest BCUT2D eigenvalue weighted by molar-refractivity contribution is 0.0619. The van der Waals surface area contributed by atoms with Crippen LogP contribution < -0.4 is 0 Å². The summed E-state index contributed by atoms with van der Waals surface area (Å²) in [5, 5.41) is 9.94. The molecule has 2 rings (SSSR count). The molecule has 1 aliphatic rings. The van der Waals surface area contributed by atoms with E-state index < -0.39 is 5.82 Å². The third-order valence-corrected chi connectivity index (χ3v) is 5.34. The van der Waals surface area contributed by atoms with Gasteiger partial charge in [0.25, 0.3) is 5.91 Å². The van der Waals surface area contributed by atoms with Crippen molar-refractivity contribution in [2.45, 2.75) is 33.2 Å². The Morgan fingerprint density at radius 1 is 1.33 bits per heavy atom. The molecule has 0 aromatic heterocycles. The molecule has 4 nitrogen and oxygen atoms in total. The van der Waals surface area contributed by atoms with E-state index in [0.29, 0.717) is 18.0 Å². The molecule has 5 heteroatoms. The van der Waals surface area contributed by atoms with Crippen molar-refractivity contribution in [2.75, 3.05) is 32.8 Å². The summed E-state index contributed by atoms with van der Waals surface area (Å²) in [4.78, 5) is 16.9. The van der Waals surface area contributed by atoms with Crippen molar-refractivity contribution in [2.24, 2.45) is 11.8 Å². The fourth-order valence-electron chi connectivity index (χ4n) is 3.81. The highest BCUT2D eigenvalue weighted by Crippen LogP contribution is 2.34. The smallest absolute Gasteiger partial charge is 0.254 e. The second-order valence-electron chi connectivity index (χ2n) is 6.54. The molecule has 1 saturated heterocycles. The third-order valence-electron chi connectivity index (χ3n) is 5.34. The monoisotopic (exact) mass is 336 g/mol. The van der Waals surface area contributed by atoms with Gasteiger partial charge in [-0.2, -0.15) is 0 Å². The average molecular weight is 336 g/mol. The first kappa shape index (κ1) is 18.9. The molecule has 1 aliphatic heterocycles. The number of carbonyl (C=O) groups excluding carboxylic acids is 1. The van der Waals surface area contributed by atoms with Crippen LogP contribution in [0.25, 0.3) is 0 Å². The molecular weight excluding hydrogens is 307 g/mol. The maximum Gasteiger partial charge on any atom is 0.254 e. The van der Waals surface area contributed by atoms with Crippen molar-refractivity contribution in [3.8, 4) is 0 Å². The van der Waals surface area contributed by atoms with Crippen LogP contribution in [0.15, 0.2) is 24.3 Å². The first-order valence-corrected chi connectivity index (χ1v) is 8.95. The second kappa shape index (κ2) is 8.58. The molecule has 0 unspecified atom stereocenters. The van der Waals surface area contributed by atoms with Crippen molar-refractivity contribution in [1.29, 1.82) is 0 Å². The molecule has 0 aliphatic carbocycles. The van der Waals surface area contributed by atoms with Crippen molar-refractivity contribution in [3.05, 3.63) is 35.6 Å². The summed E-state index contributed by atoms with van der Waals surface area (Å²) in [5.41, 5.74) is 0.354. The van der Waals surface area contributed by atoms with E-state index in [1.54, 1.807) is 17.0 Å². The molecule has 1 heterocycles. The van der Waals surface area contributed by atoms with Gasteiger partial charge in [0.05, 0.1) is 12.6 Å². The van der Waals surface area contributed by atoms with E-state index >= 15 is 0 Å². The number of amides is 1. The number of rotatable bonds is 7. The maximum atomic E-state index is 13.4. The Hall–Kier alpha value is -1.46. The van der Waals surface area contributed by atoms with Gasteiger partial charge in [-0.05, 0) is 43.1 Å². The lowest BCUT2D eigenvalue weighted by Crippen LogP contribution is -2.43. The zero-order valence-electron chi connectivity index (χ0n) is 14.9. The molecule has 0 bridgehead atoms. The summed E-state index contributed by atoms with van der Waals surface area (Å²) in [6.07, 6.45) is 0.968. The van der Waals surface area contributed by atoms with Crippen molar-refractivity contribution < 1.29 is 14.3 Å². The predicted molar refractivity (Wildman–Crippen MR) is 93.4 cm³/mol. The number of hydrogen-bond acceptors (Lipinski definition) is 3. The molecule has 0 spiro atoms. The van der Waals surface area contributed by atoms with Gasteiger partial charge in [0.2, 0.25) is 0 Å². The molecule has 24 heavy (non-hydrogen) atoms. The highest BCUT2D eigenvalue weighted by atomic mass is 19.1. The van der Waals surface area contributed by atoms with Crippen LogP contribution in [-0.2, 0) is 0 Å². The Bertz CT molecular complexity index is 548. The van der Waals surface area contributed by atoms with Crippen molar-refractivity contribution >= 4 is 5.91 Å². The topological polar surface area (TPSA) is 43.8 Å². The quantitative estimate of drug-likeness (QED) is 0.832. The van der Waals surface area contributed by atoms with Gasteiger partial charge in [-0.15, -0.1) is 0 Å². The lowest BCUT2D eigenvalue weighted by Gasteiger charge is -2.31. The molecular formula is C19H29FN2O2. The zero-order valence-corrected chi connectivity index (χ0v) is 14.9. The summed E-state index contributed by atoms with van der Waals surface area (Å²) >= 11 is 0. The Balaban J connectivity index is 2.22. The van der Waals surface area contributed by atoms with Gasteiger partial charge in [-0.3, -0.25) is 4.79 Å². The summed E-state index contributed by atoms with van der Waals surface area (Å²) in [7, 11) is 0. The van der Waals surface area contributed by atoms with Gasteiger partial charge in [-0.25, -0.2) is 4.39 Å². The van der Waals surface area contributed by atoms with E-state index in [-0.39, 0.29) is 24.5 Å². The highest BCUT2D eigenvalue weighted by molar-refractivity contribution is 5.94. The van der Waals surface area contributed by atoms with Crippen molar-refractivity contribution in [1.82, 2.24) is 9.80 Å². The summed E-state index contributed by atoms with van der Waals surface area (Å²) < 4.78 is 13.4. The minimum Gasteiger partial charge on any atom is -0.394 e. The highest BCUT2D eigenvalue weighted by Gasteiger charge is 2.43. The number of hydrogen-bond donors (Lipinski definition) is 1. The molecule has 3 atom stereocenters. The van der Waals surface area contributed by atoms with Crippen LogP contribution >= 0.6 is 0 Å². The Morgan fingerprint density at radius 3 is 2.58 bits per heavy atom. The molecule has 1 amide bonds. The van der Waals surface area contributed by atoms with E-state index in [0.717, 1.165) is 26.1 Å². The molecule has 0 radical (unpaired) electrons. The zero-order chi connectivity index (χ0) is 17.7. The largest absolute Gasteiger partial charge is 0.394 e. The van der Waals surface area contributed by atoms with E-state index in [2.05, 4.69) is 25.7 Å². The van der Waals surface area contributed by atoms with Gasteiger partial charge >= 0.3 is 0 Å². The Kier molecular flexibility index (Phi) is 6.75. The molecule has 1 N–H and O–H groups in total. The molecule has 134 valence electrons. The SMILES string of the molecule is CC[C@@H]1CN(C(=O)c2cccc(F)c2)[C@H](CO)[C@@H]1CN(CC)CC. The Labute approximate surface area is 144 Å². The minimum absolute atomic E-state index is 0.0521. The van der Waals surface area contributed by atoms with E-state index in [9.17, 15) is 14.3 Å². The minimum atomic E-state index is -0.410. The molecule has 1 aromatic carbocycles. The molecule has 0 saturated carbocycles. The average Bonchev–Trinajstić information content (AvgIpc) is 2.96. The van der Waals surface area contributed by atoms with Crippen molar-refractivity contribution in [3.63, 3.8) is 0 Å². The van der Waals surface area contributed by atoms with Crippen LogP contribution in [0.5, 0.6) is 0 Å². The normalized spacial score (nSPS) is 23.9. The number of aliphatic hydroxyl groups excluding tert-OH is 1. The fourth-order valence-corrected chi connectivity index (χ4v) is 3.81. The predicted octanol–water partition coefficient (Wildman–Crippen LogP) is 2.63. The summed E-state index contributed by atoms with van der Waals surface area (Å²) in [6, 6.07) is 5.60. The first-order valence-electron chi connectivity index (χ1n) is 8.95. The molecule has 1 fully saturated rings. The van der Waals surface area contributed by atoms with Gasteiger partial charge in [0.1, 0.15) is 5.82 Å². The third kappa shape index (κ3) is 3.95. The van der Waals surface area contributed by atoms with Gasteiger partial charge in [0, 0.05) is 18.7 Å². The van der Waals surface area contributed by atoms with Crippen LogP contribution in [0.4, 0.5) is 4.39 Å². The number of likely N-dealkylation sites (tertiary alicyclic amines) is 1. The number of halogens is 1. The fraction of sp³-hybridized carbons (Fsp3) is 0.632. The van der Waals surface area contributed by atoms with Crippen LogP contribution in [0.2, 0.25) is 0 Å². The van der Waals surface area contributed by atoms with Crippen LogP contribution in [0.3, 0.4) is 0 Å². The summed E-state index contributed by atoms with van der Waals surface area (Å²) in [6.45, 7) is 9.76. The Morgan fingerprint density at radius 2 is 2.04 bits per heavy atom. The van der Waals surface area contributed by atoms with E-state index in [1.807, 2.05) is 0 Å². The van der Waals surface area contributed by atoms with Crippen LogP contribution in [-0.4, -0.2) is 59.6 Å². The first-order chi connectivity index (χ1) is 11.5. The van der Waals surface area contributed by atoms with Gasteiger partial charge in [0.15, 0.2) is 0 Å². The van der Waals surface area contributed by atoms with Crippen LogP contribution in [0, 0.1) is 17.7 Å². The maximum absolute atomic E-state index is 13.4. The van der Waals surface area contributed by atoms with Gasteiger partial charge < -0.3 is 14.9 Å². The van der Waals surface area contributed by atoms with E-state index in [4.69, 9.17) is 0 Å². The summed E-state index contributed by atoms with van der Waals surface area (Å²) in [5.74, 6) is 0.0130. The number of nitrogens with zero attached hydrogens (tertiary/aromatic N) is 2.